The van der Waals surface area contributed by atoms with Gasteiger partial charge in [0.1, 0.15) is 5.82 Å². The molecule has 0 bridgehead atoms. The van der Waals surface area contributed by atoms with Crippen LogP contribution in [0.3, 0.4) is 0 Å². The molecule has 1 aromatic rings. The van der Waals surface area contributed by atoms with Gasteiger partial charge >= 0.3 is 0 Å². The van der Waals surface area contributed by atoms with E-state index in [1.165, 1.54) is 11.5 Å². The van der Waals surface area contributed by atoms with E-state index in [-0.39, 0.29) is 5.91 Å². The Morgan fingerprint density at radius 3 is 2.88 bits per heavy atom. The first-order chi connectivity index (χ1) is 8.24. The van der Waals surface area contributed by atoms with Crippen molar-refractivity contribution >= 4 is 46.1 Å². The summed E-state index contributed by atoms with van der Waals surface area (Å²) in [6, 6.07) is 3.79. The fourth-order valence-electron chi connectivity index (χ4n) is 1.86. The standard InChI is InChI=1S/C12H15IN2OS/c13-10-1-2-11(14-8-10)15-12(16)7-9-3-5-17-6-4-9/h1-2,8-9H,3-7H2,(H,14,15,16). The van der Waals surface area contributed by atoms with E-state index in [2.05, 4.69) is 32.9 Å². The van der Waals surface area contributed by atoms with E-state index >= 15 is 0 Å². The average Bonchev–Trinajstić information content (AvgIpc) is 2.33. The van der Waals surface area contributed by atoms with Crippen LogP contribution in [-0.2, 0) is 4.79 Å². The Labute approximate surface area is 119 Å². The molecule has 1 amide bonds. The van der Waals surface area contributed by atoms with Crippen molar-refractivity contribution in [3.63, 3.8) is 0 Å². The fraction of sp³-hybridized carbons (Fsp3) is 0.500. The summed E-state index contributed by atoms with van der Waals surface area (Å²) in [5.74, 6) is 3.69. The van der Waals surface area contributed by atoms with E-state index in [0.717, 1.165) is 16.4 Å². The molecule has 1 aromatic heterocycles. The maximum Gasteiger partial charge on any atom is 0.225 e. The third kappa shape index (κ3) is 4.46. The predicted molar refractivity (Wildman–Crippen MR) is 80.2 cm³/mol. The van der Waals surface area contributed by atoms with Crippen molar-refractivity contribution in [1.82, 2.24) is 4.98 Å². The molecule has 0 aliphatic carbocycles. The lowest BCUT2D eigenvalue weighted by molar-refractivity contribution is -0.117. The van der Waals surface area contributed by atoms with Crippen LogP contribution in [0.15, 0.2) is 18.3 Å². The largest absolute Gasteiger partial charge is 0.311 e. The Bertz CT molecular complexity index is 377. The molecule has 1 N–H and O–H groups in total. The van der Waals surface area contributed by atoms with Crippen LogP contribution in [0, 0.1) is 9.49 Å². The zero-order valence-electron chi connectivity index (χ0n) is 9.49. The Balaban J connectivity index is 1.82. The zero-order chi connectivity index (χ0) is 12.1. The van der Waals surface area contributed by atoms with Crippen molar-refractivity contribution in [3.05, 3.63) is 21.9 Å². The van der Waals surface area contributed by atoms with Gasteiger partial charge in [0.15, 0.2) is 0 Å². The second kappa shape index (κ2) is 6.58. The molecular formula is C12H15IN2OS. The highest BCUT2D eigenvalue weighted by atomic mass is 127. The molecule has 1 fully saturated rings. The highest BCUT2D eigenvalue weighted by molar-refractivity contribution is 14.1. The van der Waals surface area contributed by atoms with E-state index in [1.54, 1.807) is 6.20 Å². The van der Waals surface area contributed by atoms with E-state index in [0.29, 0.717) is 18.2 Å². The molecule has 1 aliphatic heterocycles. The first-order valence-electron chi connectivity index (χ1n) is 5.73. The van der Waals surface area contributed by atoms with E-state index in [1.807, 2.05) is 23.9 Å². The number of thioether (sulfide) groups is 1. The molecular weight excluding hydrogens is 347 g/mol. The number of anilines is 1. The van der Waals surface area contributed by atoms with Gasteiger partial charge in [0, 0.05) is 16.2 Å². The van der Waals surface area contributed by atoms with Gasteiger partial charge in [0.2, 0.25) is 5.91 Å². The molecule has 1 saturated heterocycles. The Hall–Kier alpha value is -0.300. The van der Waals surface area contributed by atoms with Gasteiger partial charge in [0.05, 0.1) is 0 Å². The number of amides is 1. The van der Waals surface area contributed by atoms with Crippen LogP contribution in [0.2, 0.25) is 0 Å². The van der Waals surface area contributed by atoms with Gasteiger partial charge in [0.25, 0.3) is 0 Å². The minimum Gasteiger partial charge on any atom is -0.311 e. The van der Waals surface area contributed by atoms with Crippen molar-refractivity contribution in [2.24, 2.45) is 5.92 Å². The van der Waals surface area contributed by atoms with Crippen LogP contribution in [0.1, 0.15) is 19.3 Å². The number of nitrogens with zero attached hydrogens (tertiary/aromatic N) is 1. The molecule has 2 heterocycles. The number of carbonyl (C=O) groups excluding carboxylic acids is 1. The van der Waals surface area contributed by atoms with Gasteiger partial charge < -0.3 is 5.32 Å². The van der Waals surface area contributed by atoms with Crippen molar-refractivity contribution in [2.75, 3.05) is 16.8 Å². The first kappa shape index (κ1) is 13.1. The number of halogens is 1. The predicted octanol–water partition coefficient (Wildman–Crippen LogP) is 3.16. The average molecular weight is 362 g/mol. The van der Waals surface area contributed by atoms with Crippen LogP contribution in [-0.4, -0.2) is 22.4 Å². The summed E-state index contributed by atoms with van der Waals surface area (Å²) in [5, 5.41) is 2.86. The summed E-state index contributed by atoms with van der Waals surface area (Å²) >= 11 is 4.18. The summed E-state index contributed by atoms with van der Waals surface area (Å²) in [6.45, 7) is 0. The molecule has 0 unspecified atom stereocenters. The summed E-state index contributed by atoms with van der Waals surface area (Å²) in [7, 11) is 0. The van der Waals surface area contributed by atoms with Crippen LogP contribution in [0.5, 0.6) is 0 Å². The molecule has 2 rings (SSSR count). The molecule has 5 heteroatoms. The van der Waals surface area contributed by atoms with Crippen LogP contribution in [0.25, 0.3) is 0 Å². The zero-order valence-corrected chi connectivity index (χ0v) is 12.5. The molecule has 17 heavy (non-hydrogen) atoms. The van der Waals surface area contributed by atoms with Crippen molar-refractivity contribution in [2.45, 2.75) is 19.3 Å². The molecule has 0 atom stereocenters. The lowest BCUT2D eigenvalue weighted by Gasteiger charge is -2.20. The lowest BCUT2D eigenvalue weighted by atomic mass is 9.98. The van der Waals surface area contributed by atoms with Crippen molar-refractivity contribution < 1.29 is 4.79 Å². The van der Waals surface area contributed by atoms with Gasteiger partial charge in [-0.25, -0.2) is 4.98 Å². The van der Waals surface area contributed by atoms with Gasteiger partial charge in [-0.05, 0) is 65.0 Å². The highest BCUT2D eigenvalue weighted by Gasteiger charge is 2.17. The second-order valence-electron chi connectivity index (χ2n) is 4.17. The summed E-state index contributed by atoms with van der Waals surface area (Å²) in [6.07, 6.45) is 4.72. The maximum absolute atomic E-state index is 11.8. The van der Waals surface area contributed by atoms with Gasteiger partial charge in [-0.3, -0.25) is 4.79 Å². The molecule has 0 saturated carbocycles. The second-order valence-corrected chi connectivity index (χ2v) is 6.64. The number of carbonyl (C=O) groups is 1. The van der Waals surface area contributed by atoms with Crippen molar-refractivity contribution in [3.8, 4) is 0 Å². The maximum atomic E-state index is 11.8. The number of nitrogens with one attached hydrogen (secondary N) is 1. The smallest absolute Gasteiger partial charge is 0.225 e. The van der Waals surface area contributed by atoms with E-state index < -0.39 is 0 Å². The molecule has 1 aliphatic rings. The molecule has 0 radical (unpaired) electrons. The van der Waals surface area contributed by atoms with Crippen LogP contribution < -0.4 is 5.32 Å². The molecule has 0 spiro atoms. The van der Waals surface area contributed by atoms with E-state index in [4.69, 9.17) is 0 Å². The Morgan fingerprint density at radius 2 is 2.24 bits per heavy atom. The minimum atomic E-state index is 0.0932. The van der Waals surface area contributed by atoms with Gasteiger partial charge in [-0.2, -0.15) is 11.8 Å². The van der Waals surface area contributed by atoms with Crippen molar-refractivity contribution in [1.29, 1.82) is 0 Å². The normalized spacial score (nSPS) is 16.8. The fourth-order valence-corrected chi connectivity index (χ4v) is 3.38. The minimum absolute atomic E-state index is 0.0932. The monoisotopic (exact) mass is 362 g/mol. The first-order valence-corrected chi connectivity index (χ1v) is 7.96. The van der Waals surface area contributed by atoms with Gasteiger partial charge in [-0.15, -0.1) is 0 Å². The third-order valence-corrected chi connectivity index (χ3v) is 4.50. The van der Waals surface area contributed by atoms with Crippen LogP contribution >= 0.6 is 34.4 Å². The highest BCUT2D eigenvalue weighted by Crippen LogP contribution is 2.25. The number of hydrogen-bond donors (Lipinski definition) is 1. The van der Waals surface area contributed by atoms with Crippen LogP contribution in [0.4, 0.5) is 5.82 Å². The SMILES string of the molecule is O=C(CC1CCSCC1)Nc1ccc(I)cn1. The molecule has 92 valence electrons. The number of hydrogen-bond acceptors (Lipinski definition) is 3. The number of rotatable bonds is 3. The third-order valence-electron chi connectivity index (χ3n) is 2.81. The summed E-state index contributed by atoms with van der Waals surface area (Å²) < 4.78 is 1.07. The Kier molecular flexibility index (Phi) is 5.09. The topological polar surface area (TPSA) is 42.0 Å². The number of aromatic nitrogens is 1. The lowest BCUT2D eigenvalue weighted by Crippen LogP contribution is -2.20. The van der Waals surface area contributed by atoms with E-state index in [9.17, 15) is 4.79 Å². The Morgan fingerprint density at radius 1 is 1.47 bits per heavy atom. The van der Waals surface area contributed by atoms with Gasteiger partial charge in [-0.1, -0.05) is 0 Å². The molecule has 0 aromatic carbocycles. The quantitative estimate of drug-likeness (QED) is 0.840. The number of pyridine rings is 1. The summed E-state index contributed by atoms with van der Waals surface area (Å²) in [5.41, 5.74) is 0. The molecule has 3 nitrogen and oxygen atoms in total. The summed E-state index contributed by atoms with van der Waals surface area (Å²) in [4.78, 5) is 16.0.